The molecule has 2 fully saturated rings. The molecule has 69 heavy (non-hydrogen) atoms. The fourth-order valence-corrected chi connectivity index (χ4v) is 12.7. The van der Waals surface area contributed by atoms with Gasteiger partial charge in [-0.1, -0.05) is 181 Å². The van der Waals surface area contributed by atoms with Crippen molar-refractivity contribution in [2.75, 3.05) is 9.80 Å². The second-order valence-corrected chi connectivity index (χ2v) is 22.0. The molecule has 8 aromatic carbocycles. The number of rotatable bonds is 10. The molecule has 0 spiro atoms. The summed E-state index contributed by atoms with van der Waals surface area (Å²) in [7, 11) is 0. The average molecular weight is 901 g/mol. The third kappa shape index (κ3) is 8.41. The largest absolute Gasteiger partial charge is 0.311 e. The van der Waals surface area contributed by atoms with Gasteiger partial charge >= 0.3 is 0 Å². The highest BCUT2D eigenvalue weighted by molar-refractivity contribution is 5.94. The van der Waals surface area contributed by atoms with E-state index in [1.165, 1.54) is 123 Å². The fourth-order valence-electron chi connectivity index (χ4n) is 12.7. The van der Waals surface area contributed by atoms with Crippen molar-refractivity contribution in [2.45, 2.75) is 109 Å². The summed E-state index contributed by atoms with van der Waals surface area (Å²) in [5.41, 5.74) is 19.5. The van der Waals surface area contributed by atoms with Crippen LogP contribution in [-0.2, 0) is 10.8 Å². The molecular formula is C67H68N2. The molecule has 346 valence electrons. The Labute approximate surface area is 412 Å². The molecule has 0 bridgehead atoms. The maximum atomic E-state index is 2.46. The third-order valence-corrected chi connectivity index (χ3v) is 16.7. The summed E-state index contributed by atoms with van der Waals surface area (Å²) in [5.74, 6) is 1.39. The SMILES string of the molecule is CC1(C)c2cc(N(c3ccccc3)c3ccc(C4(c5ccc(N(c6ccccc6)c6ccc(C7CCCCC7)cc6)cc5)CCC(C(C)(C)C)CC4)cc3)ccc2-c2c(-c3ccccc3)cccc21. The van der Waals surface area contributed by atoms with E-state index in [4.69, 9.17) is 0 Å². The first-order chi connectivity index (χ1) is 33.6. The molecule has 0 saturated heterocycles. The van der Waals surface area contributed by atoms with Gasteiger partial charge in [-0.2, -0.15) is 0 Å². The van der Waals surface area contributed by atoms with E-state index in [0.717, 1.165) is 18.5 Å². The Balaban J connectivity index is 0.954. The quantitative estimate of drug-likeness (QED) is 0.135. The zero-order valence-corrected chi connectivity index (χ0v) is 41.5. The lowest BCUT2D eigenvalue weighted by Gasteiger charge is -2.45. The zero-order chi connectivity index (χ0) is 47.2. The lowest BCUT2D eigenvalue weighted by Crippen LogP contribution is -2.36. The second-order valence-electron chi connectivity index (χ2n) is 22.0. The van der Waals surface area contributed by atoms with Crippen molar-refractivity contribution in [3.05, 3.63) is 228 Å². The molecule has 0 N–H and O–H groups in total. The minimum atomic E-state index is -0.150. The summed E-state index contributed by atoms with van der Waals surface area (Å²) in [6, 6.07) is 75.6. The monoisotopic (exact) mass is 901 g/mol. The number of nitrogens with zero attached hydrogens (tertiary/aromatic N) is 2. The van der Waals surface area contributed by atoms with Crippen LogP contribution < -0.4 is 9.80 Å². The van der Waals surface area contributed by atoms with Crippen LogP contribution in [0.2, 0.25) is 0 Å². The highest BCUT2D eigenvalue weighted by atomic mass is 15.1. The first-order valence-corrected chi connectivity index (χ1v) is 25.9. The van der Waals surface area contributed by atoms with Crippen LogP contribution >= 0.6 is 0 Å². The minimum Gasteiger partial charge on any atom is -0.311 e. The normalized spacial score (nSPS) is 18.8. The molecule has 0 amide bonds. The summed E-state index contributed by atoms with van der Waals surface area (Å²) >= 11 is 0. The van der Waals surface area contributed by atoms with Crippen molar-refractivity contribution in [2.24, 2.45) is 11.3 Å². The Bertz CT molecular complexity index is 3000. The molecule has 0 aromatic heterocycles. The Morgan fingerprint density at radius 2 is 0.899 bits per heavy atom. The highest BCUT2D eigenvalue weighted by Gasteiger charge is 2.42. The molecular weight excluding hydrogens is 833 g/mol. The van der Waals surface area contributed by atoms with Crippen LogP contribution in [0.15, 0.2) is 200 Å². The van der Waals surface area contributed by atoms with Gasteiger partial charge in [0.05, 0.1) is 0 Å². The third-order valence-electron chi connectivity index (χ3n) is 16.7. The van der Waals surface area contributed by atoms with Gasteiger partial charge in [-0.25, -0.2) is 0 Å². The molecule has 2 saturated carbocycles. The van der Waals surface area contributed by atoms with Crippen molar-refractivity contribution in [1.29, 1.82) is 0 Å². The first kappa shape index (κ1) is 44.8. The maximum absolute atomic E-state index is 2.46. The van der Waals surface area contributed by atoms with Gasteiger partial charge in [0.1, 0.15) is 0 Å². The van der Waals surface area contributed by atoms with Crippen molar-refractivity contribution in [1.82, 2.24) is 0 Å². The number of benzene rings is 8. The van der Waals surface area contributed by atoms with E-state index < -0.39 is 0 Å². The van der Waals surface area contributed by atoms with Crippen LogP contribution in [0.4, 0.5) is 34.1 Å². The molecule has 11 rings (SSSR count). The molecule has 0 aliphatic heterocycles. The van der Waals surface area contributed by atoms with Gasteiger partial charge in [0.15, 0.2) is 0 Å². The molecule has 2 nitrogen and oxygen atoms in total. The maximum Gasteiger partial charge on any atom is 0.0465 e. The van der Waals surface area contributed by atoms with Crippen molar-refractivity contribution in [3.8, 4) is 22.3 Å². The van der Waals surface area contributed by atoms with Gasteiger partial charge in [-0.3, -0.25) is 0 Å². The summed E-state index contributed by atoms with van der Waals surface area (Å²) in [4.78, 5) is 4.89. The van der Waals surface area contributed by atoms with Gasteiger partial charge < -0.3 is 9.80 Å². The van der Waals surface area contributed by atoms with Gasteiger partial charge in [0.25, 0.3) is 0 Å². The lowest BCUT2D eigenvalue weighted by atomic mass is 9.59. The topological polar surface area (TPSA) is 6.48 Å². The number of hydrogen-bond donors (Lipinski definition) is 0. The van der Waals surface area contributed by atoms with E-state index in [0.29, 0.717) is 11.8 Å². The number of anilines is 6. The van der Waals surface area contributed by atoms with Crippen LogP contribution in [0.3, 0.4) is 0 Å². The number of fused-ring (bicyclic) bond motifs is 3. The zero-order valence-electron chi connectivity index (χ0n) is 41.5. The van der Waals surface area contributed by atoms with Crippen LogP contribution in [-0.4, -0.2) is 0 Å². The van der Waals surface area contributed by atoms with Gasteiger partial charge in [-0.15, -0.1) is 0 Å². The average Bonchev–Trinajstić information content (AvgIpc) is 3.63. The van der Waals surface area contributed by atoms with Crippen LogP contribution in [0.25, 0.3) is 22.3 Å². The molecule has 2 heteroatoms. The van der Waals surface area contributed by atoms with Crippen molar-refractivity contribution in [3.63, 3.8) is 0 Å². The molecule has 0 heterocycles. The molecule has 0 atom stereocenters. The van der Waals surface area contributed by atoms with E-state index in [-0.39, 0.29) is 16.2 Å². The second kappa shape index (κ2) is 18.4. The van der Waals surface area contributed by atoms with Gasteiger partial charge in [-0.05, 0) is 179 Å². The predicted molar refractivity (Wildman–Crippen MR) is 293 cm³/mol. The first-order valence-electron chi connectivity index (χ1n) is 25.9. The van der Waals surface area contributed by atoms with E-state index >= 15 is 0 Å². The highest BCUT2D eigenvalue weighted by Crippen LogP contribution is 2.55. The summed E-state index contributed by atoms with van der Waals surface area (Å²) in [5, 5.41) is 0. The predicted octanol–water partition coefficient (Wildman–Crippen LogP) is 19.2. The van der Waals surface area contributed by atoms with Crippen LogP contribution in [0.1, 0.15) is 126 Å². The standard InChI is InChI=1S/C67H68N2/c1-65(2,3)51-43-45-67(46-44-51,52-31-37-57(38-32-52)68(54-23-14-8-15-24-54)56-35-29-49(30-36-56)48-19-10-6-11-20-48)53-33-39-58(40-34-53)69(55-25-16-9-17-26-55)59-41-42-61-63(47-59)66(4,5)62-28-18-27-60(64(61)62)50-21-12-7-13-22-50/h7-9,12-18,21-42,47-48,51H,6,10-11,19-20,43-46H2,1-5H3. The number of para-hydroxylation sites is 2. The van der Waals surface area contributed by atoms with Gasteiger partial charge in [0, 0.05) is 45.0 Å². The Hall–Kier alpha value is -6.64. The van der Waals surface area contributed by atoms with Gasteiger partial charge in [0.2, 0.25) is 0 Å². The van der Waals surface area contributed by atoms with E-state index in [1.54, 1.807) is 0 Å². The van der Waals surface area contributed by atoms with Crippen molar-refractivity contribution >= 4 is 34.1 Å². The summed E-state index contributed by atoms with van der Waals surface area (Å²) in [6.45, 7) is 12.1. The lowest BCUT2D eigenvalue weighted by molar-refractivity contribution is 0.146. The Morgan fingerprint density at radius 1 is 0.420 bits per heavy atom. The summed E-state index contributed by atoms with van der Waals surface area (Å²) in [6.07, 6.45) is 11.4. The minimum absolute atomic E-state index is 0.0879. The van der Waals surface area contributed by atoms with Crippen LogP contribution in [0, 0.1) is 11.3 Å². The molecule has 0 unspecified atom stereocenters. The van der Waals surface area contributed by atoms with Crippen LogP contribution in [0.5, 0.6) is 0 Å². The van der Waals surface area contributed by atoms with E-state index in [2.05, 4.69) is 245 Å². The summed E-state index contributed by atoms with van der Waals surface area (Å²) < 4.78 is 0. The Kier molecular flexibility index (Phi) is 11.9. The molecule has 3 aliphatic carbocycles. The van der Waals surface area contributed by atoms with Crippen molar-refractivity contribution < 1.29 is 0 Å². The smallest absolute Gasteiger partial charge is 0.0465 e. The molecule has 3 aliphatic rings. The van der Waals surface area contributed by atoms with E-state index in [9.17, 15) is 0 Å². The molecule has 0 radical (unpaired) electrons. The fraction of sp³-hybridized carbons (Fsp3) is 0.284. The number of hydrogen-bond acceptors (Lipinski definition) is 2. The molecule has 8 aromatic rings. The Morgan fingerprint density at radius 3 is 1.43 bits per heavy atom. The van der Waals surface area contributed by atoms with E-state index in [1.807, 2.05) is 0 Å².